The van der Waals surface area contributed by atoms with Gasteiger partial charge in [0, 0.05) is 9.77 Å². The van der Waals surface area contributed by atoms with Crippen LogP contribution in [0.5, 0.6) is 0 Å². The van der Waals surface area contributed by atoms with Gasteiger partial charge in [-0.2, -0.15) is 0 Å². The van der Waals surface area contributed by atoms with E-state index in [4.69, 9.17) is 0 Å². The molecule has 0 aromatic carbocycles. The molecule has 0 unspecified atom stereocenters. The van der Waals surface area contributed by atoms with Crippen LogP contribution < -0.4 is 0 Å². The highest BCUT2D eigenvalue weighted by Crippen LogP contribution is 2.10. The van der Waals surface area contributed by atoms with Gasteiger partial charge in [-0.1, -0.05) is 0 Å². The predicted molar refractivity (Wildman–Crippen MR) is 42.3 cm³/mol. The molecule has 52 valence electrons. The first-order valence-electron chi connectivity index (χ1n) is 2.50. The number of hydrogen-bond donors (Lipinski definition) is 0. The molecule has 1 heterocycles. The Morgan fingerprint density at radius 3 is 2.70 bits per heavy atom. The van der Waals surface area contributed by atoms with Crippen molar-refractivity contribution in [2.45, 2.75) is 0 Å². The average Bonchev–Trinajstić information content (AvgIpc) is 1.88. The third-order valence-corrected chi connectivity index (χ3v) is 1.87. The van der Waals surface area contributed by atoms with Crippen LogP contribution >= 0.6 is 22.6 Å². The average molecular weight is 251 g/mol. The monoisotopic (exact) mass is 251 g/mol. The number of halogens is 2. The van der Waals surface area contributed by atoms with E-state index in [0.29, 0.717) is 9.86 Å². The van der Waals surface area contributed by atoms with Crippen molar-refractivity contribution in [3.63, 3.8) is 0 Å². The van der Waals surface area contributed by atoms with Crippen LogP contribution in [0.4, 0.5) is 4.39 Å². The van der Waals surface area contributed by atoms with Gasteiger partial charge in [0.15, 0.2) is 12.1 Å². The van der Waals surface area contributed by atoms with Gasteiger partial charge in [0.1, 0.15) is 0 Å². The second-order valence-electron chi connectivity index (χ2n) is 1.63. The lowest BCUT2D eigenvalue weighted by Crippen LogP contribution is -1.92. The van der Waals surface area contributed by atoms with Crippen molar-refractivity contribution >= 4 is 28.9 Å². The molecule has 4 heteroatoms. The van der Waals surface area contributed by atoms with E-state index in [1.165, 1.54) is 6.20 Å². The van der Waals surface area contributed by atoms with Gasteiger partial charge < -0.3 is 0 Å². The predicted octanol–water partition coefficient (Wildman–Crippen LogP) is 1.64. The minimum absolute atomic E-state index is 0.0793. The Morgan fingerprint density at radius 1 is 1.60 bits per heavy atom. The first-order chi connectivity index (χ1) is 4.75. The summed E-state index contributed by atoms with van der Waals surface area (Å²) >= 11 is 1.85. The fourth-order valence-corrected chi connectivity index (χ4v) is 1.08. The van der Waals surface area contributed by atoms with Crippen molar-refractivity contribution in [2.24, 2.45) is 0 Å². The lowest BCUT2D eigenvalue weighted by molar-refractivity contribution is 0.111. The SMILES string of the molecule is O=Cc1c(F)cncc1I. The van der Waals surface area contributed by atoms with Crippen LogP contribution in [0.2, 0.25) is 0 Å². The molecule has 0 amide bonds. The first kappa shape index (κ1) is 7.59. The summed E-state index contributed by atoms with van der Waals surface area (Å²) in [6.45, 7) is 0. The number of carbonyl (C=O) groups is 1. The Balaban J connectivity index is 3.30. The fraction of sp³-hybridized carbons (Fsp3) is 0. The van der Waals surface area contributed by atoms with Gasteiger partial charge in [0.25, 0.3) is 0 Å². The number of nitrogens with zero attached hydrogens (tertiary/aromatic N) is 1. The van der Waals surface area contributed by atoms with Crippen LogP contribution in [-0.2, 0) is 0 Å². The summed E-state index contributed by atoms with van der Waals surface area (Å²) in [6, 6.07) is 0. The van der Waals surface area contributed by atoms with Crippen LogP contribution in [0.3, 0.4) is 0 Å². The molecule has 0 atom stereocenters. The van der Waals surface area contributed by atoms with E-state index >= 15 is 0 Å². The van der Waals surface area contributed by atoms with Crippen molar-refractivity contribution in [1.82, 2.24) is 4.98 Å². The van der Waals surface area contributed by atoms with Crippen molar-refractivity contribution in [3.8, 4) is 0 Å². The highest BCUT2D eigenvalue weighted by Gasteiger charge is 2.03. The van der Waals surface area contributed by atoms with Crippen LogP contribution in [-0.4, -0.2) is 11.3 Å². The fourth-order valence-electron chi connectivity index (χ4n) is 0.534. The molecule has 10 heavy (non-hydrogen) atoms. The second kappa shape index (κ2) is 3.05. The highest BCUT2D eigenvalue weighted by molar-refractivity contribution is 14.1. The number of aldehydes is 1. The molecular formula is C6H3FINO. The quantitative estimate of drug-likeness (QED) is 0.561. The molecule has 1 rings (SSSR count). The Kier molecular flexibility index (Phi) is 2.31. The minimum atomic E-state index is -0.568. The largest absolute Gasteiger partial charge is 0.298 e. The Hall–Kier alpha value is -0.520. The molecule has 0 saturated carbocycles. The van der Waals surface area contributed by atoms with Crippen LogP contribution in [0, 0.1) is 9.39 Å². The maximum absolute atomic E-state index is 12.6. The number of carbonyl (C=O) groups excluding carboxylic acids is 1. The summed E-state index contributed by atoms with van der Waals surface area (Å²) in [4.78, 5) is 13.7. The Labute approximate surface area is 70.6 Å². The van der Waals surface area contributed by atoms with Crippen molar-refractivity contribution in [3.05, 3.63) is 27.3 Å². The van der Waals surface area contributed by atoms with Gasteiger partial charge in [-0.3, -0.25) is 9.78 Å². The van der Waals surface area contributed by atoms with E-state index < -0.39 is 5.82 Å². The Morgan fingerprint density at radius 2 is 2.30 bits per heavy atom. The van der Waals surface area contributed by atoms with E-state index in [9.17, 15) is 9.18 Å². The third kappa shape index (κ3) is 1.31. The molecule has 0 saturated heterocycles. The number of hydrogen-bond acceptors (Lipinski definition) is 2. The zero-order valence-electron chi connectivity index (χ0n) is 4.84. The summed E-state index contributed by atoms with van der Waals surface area (Å²) in [7, 11) is 0. The van der Waals surface area contributed by atoms with E-state index in [2.05, 4.69) is 4.98 Å². The molecular weight excluding hydrogens is 248 g/mol. The molecule has 0 aliphatic heterocycles. The van der Waals surface area contributed by atoms with E-state index in [0.717, 1.165) is 6.20 Å². The zero-order valence-corrected chi connectivity index (χ0v) is 7.00. The smallest absolute Gasteiger partial charge is 0.154 e. The lowest BCUT2D eigenvalue weighted by atomic mass is 10.3. The van der Waals surface area contributed by atoms with Gasteiger partial charge in [-0.15, -0.1) is 0 Å². The molecule has 0 spiro atoms. The van der Waals surface area contributed by atoms with Crippen LogP contribution in [0.25, 0.3) is 0 Å². The topological polar surface area (TPSA) is 30.0 Å². The van der Waals surface area contributed by atoms with Gasteiger partial charge in [-0.25, -0.2) is 4.39 Å². The highest BCUT2D eigenvalue weighted by atomic mass is 127. The minimum Gasteiger partial charge on any atom is -0.298 e. The summed E-state index contributed by atoms with van der Waals surface area (Å²) < 4.78 is 13.1. The van der Waals surface area contributed by atoms with Crippen molar-refractivity contribution in [1.29, 1.82) is 0 Å². The third-order valence-electron chi connectivity index (χ3n) is 1.01. The number of rotatable bonds is 1. The van der Waals surface area contributed by atoms with E-state index in [-0.39, 0.29) is 5.56 Å². The van der Waals surface area contributed by atoms with Crippen molar-refractivity contribution in [2.75, 3.05) is 0 Å². The maximum Gasteiger partial charge on any atom is 0.154 e. The second-order valence-corrected chi connectivity index (χ2v) is 2.80. The van der Waals surface area contributed by atoms with Crippen LogP contribution in [0.1, 0.15) is 10.4 Å². The molecule has 2 nitrogen and oxygen atoms in total. The van der Waals surface area contributed by atoms with Gasteiger partial charge in [0.2, 0.25) is 0 Å². The standard InChI is InChI=1S/C6H3FINO/c7-5-1-9-2-6(8)4(5)3-10/h1-3H. The molecule has 1 aromatic heterocycles. The molecule has 0 N–H and O–H groups in total. The summed E-state index contributed by atoms with van der Waals surface area (Å²) in [5.74, 6) is -0.568. The first-order valence-corrected chi connectivity index (χ1v) is 3.57. The van der Waals surface area contributed by atoms with E-state index in [1.807, 2.05) is 22.6 Å². The molecule has 0 bridgehead atoms. The van der Waals surface area contributed by atoms with Crippen LogP contribution in [0.15, 0.2) is 12.4 Å². The van der Waals surface area contributed by atoms with E-state index in [1.54, 1.807) is 0 Å². The van der Waals surface area contributed by atoms with Crippen molar-refractivity contribution < 1.29 is 9.18 Å². The molecule has 1 aromatic rings. The Bertz CT molecular complexity index is 244. The van der Waals surface area contributed by atoms with Gasteiger partial charge in [-0.05, 0) is 22.6 Å². The summed E-state index contributed by atoms with van der Waals surface area (Å²) in [5.41, 5.74) is 0.0793. The normalized spacial score (nSPS) is 9.40. The number of aromatic nitrogens is 1. The summed E-state index contributed by atoms with van der Waals surface area (Å²) in [5, 5.41) is 0. The van der Waals surface area contributed by atoms with Gasteiger partial charge in [0.05, 0.1) is 11.8 Å². The number of pyridine rings is 1. The molecule has 0 radical (unpaired) electrons. The zero-order chi connectivity index (χ0) is 7.56. The molecule has 0 fully saturated rings. The maximum atomic E-state index is 12.6. The van der Waals surface area contributed by atoms with Gasteiger partial charge >= 0.3 is 0 Å². The summed E-state index contributed by atoms with van der Waals surface area (Å²) in [6.07, 6.45) is 2.94. The molecule has 0 aliphatic carbocycles. The lowest BCUT2D eigenvalue weighted by Gasteiger charge is -1.94. The molecule has 0 aliphatic rings.